The van der Waals surface area contributed by atoms with Gasteiger partial charge in [0.15, 0.2) is 5.75 Å². The lowest BCUT2D eigenvalue weighted by atomic mass is 9.97. The summed E-state index contributed by atoms with van der Waals surface area (Å²) in [5.74, 6) is 1.13. The van der Waals surface area contributed by atoms with E-state index >= 15 is 0 Å². The zero-order valence-electron chi connectivity index (χ0n) is 15.3. The molecule has 1 amide bonds. The topological polar surface area (TPSA) is 81.4 Å². The van der Waals surface area contributed by atoms with E-state index in [9.17, 15) is 9.18 Å². The van der Waals surface area contributed by atoms with Crippen LogP contribution in [0, 0.1) is 12.7 Å². The van der Waals surface area contributed by atoms with E-state index in [1.807, 2.05) is 0 Å². The van der Waals surface area contributed by atoms with Crippen LogP contribution in [0.4, 0.5) is 9.18 Å². The Labute approximate surface area is 161 Å². The van der Waals surface area contributed by atoms with E-state index in [2.05, 4.69) is 15.2 Å². The van der Waals surface area contributed by atoms with Crippen LogP contribution in [0.15, 0.2) is 47.0 Å². The number of ether oxygens (including phenoxy) is 1. The SMILES string of the molecule is Cc1ncccc1OC(=O)N1CCC(c2nnc(-c3ccc(F)cc3)o2)CC1. The second-order valence-electron chi connectivity index (χ2n) is 6.67. The molecule has 0 radical (unpaired) electrons. The molecule has 1 saturated heterocycles. The first kappa shape index (κ1) is 18.1. The van der Waals surface area contributed by atoms with Gasteiger partial charge < -0.3 is 14.1 Å². The summed E-state index contributed by atoms with van der Waals surface area (Å²) in [6, 6.07) is 9.37. The standard InChI is InChI=1S/C20H19FN4O3/c1-13-17(3-2-10-22-13)27-20(26)25-11-8-15(9-12-25)19-24-23-18(28-19)14-4-6-16(21)7-5-14/h2-7,10,15H,8-9,11-12H2,1H3. The largest absolute Gasteiger partial charge is 0.420 e. The molecule has 0 spiro atoms. The number of benzene rings is 1. The predicted molar refractivity (Wildman–Crippen MR) is 98.2 cm³/mol. The van der Waals surface area contributed by atoms with Gasteiger partial charge in [0, 0.05) is 30.8 Å². The maximum Gasteiger partial charge on any atom is 0.415 e. The molecule has 3 aromatic rings. The van der Waals surface area contributed by atoms with Gasteiger partial charge in [-0.15, -0.1) is 10.2 Å². The van der Waals surface area contributed by atoms with Crippen LogP contribution in [0.1, 0.15) is 30.3 Å². The first-order chi connectivity index (χ1) is 13.6. The Morgan fingerprint density at radius 1 is 1.18 bits per heavy atom. The van der Waals surface area contributed by atoms with Crippen molar-refractivity contribution in [3.8, 4) is 17.2 Å². The fraction of sp³-hybridized carbons (Fsp3) is 0.300. The van der Waals surface area contributed by atoms with Gasteiger partial charge >= 0.3 is 6.09 Å². The van der Waals surface area contributed by atoms with Crippen molar-refractivity contribution in [2.45, 2.75) is 25.7 Å². The normalized spacial score (nSPS) is 14.9. The van der Waals surface area contributed by atoms with E-state index < -0.39 is 0 Å². The van der Waals surface area contributed by atoms with Gasteiger partial charge in [-0.2, -0.15) is 0 Å². The summed E-state index contributed by atoms with van der Waals surface area (Å²) in [7, 11) is 0. The smallest absolute Gasteiger partial charge is 0.415 e. The van der Waals surface area contributed by atoms with Gasteiger partial charge in [-0.05, 0) is 56.2 Å². The van der Waals surface area contributed by atoms with Crippen LogP contribution < -0.4 is 4.74 Å². The minimum Gasteiger partial charge on any atom is -0.420 e. The van der Waals surface area contributed by atoms with Crippen LogP contribution in [-0.4, -0.2) is 39.3 Å². The molecule has 28 heavy (non-hydrogen) atoms. The molecule has 0 aliphatic carbocycles. The van der Waals surface area contributed by atoms with Gasteiger partial charge in [0.2, 0.25) is 11.8 Å². The highest BCUT2D eigenvalue weighted by Crippen LogP contribution is 2.30. The zero-order valence-corrected chi connectivity index (χ0v) is 15.3. The first-order valence-corrected chi connectivity index (χ1v) is 9.08. The molecule has 1 aliphatic rings. The molecular weight excluding hydrogens is 363 g/mol. The van der Waals surface area contributed by atoms with Gasteiger partial charge in [0.1, 0.15) is 5.82 Å². The molecule has 3 heterocycles. The summed E-state index contributed by atoms with van der Waals surface area (Å²) in [4.78, 5) is 18.2. The number of aryl methyl sites for hydroxylation is 1. The molecule has 2 aromatic heterocycles. The van der Waals surface area contributed by atoms with Gasteiger partial charge in [0.05, 0.1) is 5.69 Å². The third-order valence-electron chi connectivity index (χ3n) is 4.79. The summed E-state index contributed by atoms with van der Waals surface area (Å²) in [6.45, 7) is 2.87. The van der Waals surface area contributed by atoms with Crippen molar-refractivity contribution >= 4 is 6.09 Å². The third kappa shape index (κ3) is 3.85. The number of amides is 1. The van der Waals surface area contributed by atoms with Crippen molar-refractivity contribution in [3.63, 3.8) is 0 Å². The number of hydrogen-bond donors (Lipinski definition) is 0. The highest BCUT2D eigenvalue weighted by molar-refractivity contribution is 5.71. The highest BCUT2D eigenvalue weighted by atomic mass is 19.1. The predicted octanol–water partition coefficient (Wildman–Crippen LogP) is 3.96. The molecule has 8 heteroatoms. The first-order valence-electron chi connectivity index (χ1n) is 9.08. The highest BCUT2D eigenvalue weighted by Gasteiger charge is 2.28. The van der Waals surface area contributed by atoms with Crippen molar-refractivity contribution in [1.82, 2.24) is 20.1 Å². The number of piperidine rings is 1. The molecular formula is C20H19FN4O3. The number of rotatable bonds is 3. The molecule has 0 atom stereocenters. The molecule has 0 saturated carbocycles. The Kier molecular flexibility index (Phi) is 5.01. The number of pyridine rings is 1. The second kappa shape index (κ2) is 7.75. The number of likely N-dealkylation sites (tertiary alicyclic amines) is 1. The molecule has 4 rings (SSSR count). The third-order valence-corrected chi connectivity index (χ3v) is 4.79. The Bertz CT molecular complexity index is 966. The molecule has 0 bridgehead atoms. The van der Waals surface area contributed by atoms with Gasteiger partial charge in [-0.1, -0.05) is 0 Å². The van der Waals surface area contributed by atoms with E-state index in [1.54, 1.807) is 42.3 Å². The lowest BCUT2D eigenvalue weighted by Gasteiger charge is -2.29. The Hall–Kier alpha value is -3.29. The Morgan fingerprint density at radius 2 is 1.93 bits per heavy atom. The quantitative estimate of drug-likeness (QED) is 0.682. The molecule has 7 nitrogen and oxygen atoms in total. The Morgan fingerprint density at radius 3 is 2.64 bits per heavy atom. The molecule has 144 valence electrons. The number of hydrogen-bond acceptors (Lipinski definition) is 6. The van der Waals surface area contributed by atoms with Crippen LogP contribution >= 0.6 is 0 Å². The molecule has 1 aliphatic heterocycles. The van der Waals surface area contributed by atoms with E-state index in [0.717, 1.165) is 0 Å². The number of nitrogens with zero attached hydrogens (tertiary/aromatic N) is 4. The molecule has 0 N–H and O–H groups in total. The van der Waals surface area contributed by atoms with E-state index in [-0.39, 0.29) is 17.8 Å². The lowest BCUT2D eigenvalue weighted by molar-refractivity contribution is 0.135. The average Bonchev–Trinajstić information content (AvgIpc) is 3.20. The second-order valence-corrected chi connectivity index (χ2v) is 6.67. The van der Waals surface area contributed by atoms with Gasteiger partial charge in [-0.25, -0.2) is 9.18 Å². The monoisotopic (exact) mass is 382 g/mol. The average molecular weight is 382 g/mol. The number of aromatic nitrogens is 3. The lowest BCUT2D eigenvalue weighted by Crippen LogP contribution is -2.39. The van der Waals surface area contributed by atoms with E-state index in [4.69, 9.17) is 9.15 Å². The summed E-state index contributed by atoms with van der Waals surface area (Å²) in [5.41, 5.74) is 1.35. The van der Waals surface area contributed by atoms with E-state index in [0.29, 0.717) is 54.7 Å². The molecule has 1 fully saturated rings. The van der Waals surface area contributed by atoms with Gasteiger partial charge in [-0.3, -0.25) is 4.98 Å². The minimum atomic E-state index is -0.382. The fourth-order valence-electron chi connectivity index (χ4n) is 3.15. The maximum absolute atomic E-state index is 13.0. The maximum atomic E-state index is 13.0. The van der Waals surface area contributed by atoms with E-state index in [1.165, 1.54) is 12.1 Å². The Balaban J connectivity index is 1.36. The van der Waals surface area contributed by atoms with Crippen LogP contribution in [0.5, 0.6) is 5.75 Å². The van der Waals surface area contributed by atoms with Crippen LogP contribution in [0.3, 0.4) is 0 Å². The van der Waals surface area contributed by atoms with Crippen molar-refractivity contribution < 1.29 is 18.3 Å². The number of carbonyl (C=O) groups is 1. The zero-order chi connectivity index (χ0) is 19.5. The molecule has 1 aromatic carbocycles. The minimum absolute atomic E-state index is 0.0749. The summed E-state index contributed by atoms with van der Waals surface area (Å²) < 4.78 is 24.3. The van der Waals surface area contributed by atoms with Crippen molar-refractivity contribution in [2.75, 3.05) is 13.1 Å². The van der Waals surface area contributed by atoms with Crippen LogP contribution in [-0.2, 0) is 0 Å². The van der Waals surface area contributed by atoms with Crippen LogP contribution in [0.25, 0.3) is 11.5 Å². The van der Waals surface area contributed by atoms with Gasteiger partial charge in [0.25, 0.3) is 0 Å². The number of halogens is 1. The van der Waals surface area contributed by atoms with Crippen LogP contribution in [0.2, 0.25) is 0 Å². The summed E-state index contributed by atoms with van der Waals surface area (Å²) >= 11 is 0. The molecule has 0 unspecified atom stereocenters. The number of carbonyl (C=O) groups excluding carboxylic acids is 1. The fourth-order valence-corrected chi connectivity index (χ4v) is 3.15. The van der Waals surface area contributed by atoms with Crippen molar-refractivity contribution in [1.29, 1.82) is 0 Å². The summed E-state index contributed by atoms with van der Waals surface area (Å²) in [5, 5.41) is 8.19. The summed E-state index contributed by atoms with van der Waals surface area (Å²) in [6.07, 6.45) is 2.67. The van der Waals surface area contributed by atoms with Crippen molar-refractivity contribution in [3.05, 3.63) is 60.0 Å². The van der Waals surface area contributed by atoms with Crippen molar-refractivity contribution in [2.24, 2.45) is 0 Å².